The molecule has 10 heteroatoms. The fourth-order valence-electron chi connectivity index (χ4n) is 1.26. The van der Waals surface area contributed by atoms with E-state index in [9.17, 15) is 18.0 Å². The smallest absolute Gasteiger partial charge is 0.475 e. The van der Waals surface area contributed by atoms with Gasteiger partial charge in [-0.15, -0.1) is 0 Å². The molecule has 1 aliphatic heterocycles. The zero-order chi connectivity index (χ0) is 15.3. The molecule has 1 aromatic heterocycles. The molecule has 20 heavy (non-hydrogen) atoms. The van der Waals surface area contributed by atoms with Gasteiger partial charge < -0.3 is 15.2 Å². The van der Waals surface area contributed by atoms with Gasteiger partial charge >= 0.3 is 18.1 Å². The molecule has 0 bridgehead atoms. The number of hydrogen-bond acceptors (Lipinski definition) is 5. The van der Waals surface area contributed by atoms with E-state index in [1.165, 1.54) is 7.11 Å². The van der Waals surface area contributed by atoms with Crippen LogP contribution >= 0.6 is 0 Å². The van der Waals surface area contributed by atoms with Crippen LogP contribution in [0.5, 0.6) is 0 Å². The highest BCUT2D eigenvalue weighted by atomic mass is 19.4. The average molecular weight is 295 g/mol. The van der Waals surface area contributed by atoms with Crippen LogP contribution in [0.25, 0.3) is 0 Å². The number of nitrogens with one attached hydrogen (secondary N) is 2. The number of halogens is 3. The van der Waals surface area contributed by atoms with Crippen LogP contribution in [0.15, 0.2) is 6.07 Å². The van der Waals surface area contributed by atoms with Gasteiger partial charge in [0, 0.05) is 24.7 Å². The lowest BCUT2D eigenvalue weighted by atomic mass is 9.99. The zero-order valence-electron chi connectivity index (χ0n) is 10.3. The van der Waals surface area contributed by atoms with Crippen molar-refractivity contribution in [2.24, 2.45) is 0 Å². The summed E-state index contributed by atoms with van der Waals surface area (Å²) in [6, 6.07) is 1.75. The molecule has 2 heterocycles. The Labute approximate surface area is 111 Å². The van der Waals surface area contributed by atoms with E-state index in [4.69, 9.17) is 9.90 Å². The normalized spacial score (nSPS) is 14.8. The van der Waals surface area contributed by atoms with Crippen molar-refractivity contribution in [3.63, 3.8) is 0 Å². The van der Waals surface area contributed by atoms with Crippen molar-refractivity contribution in [1.29, 1.82) is 0 Å². The van der Waals surface area contributed by atoms with Crippen LogP contribution in [-0.4, -0.2) is 53.6 Å². The minimum Gasteiger partial charge on any atom is -0.475 e. The Bertz CT molecular complexity index is 482. The summed E-state index contributed by atoms with van der Waals surface area (Å²) in [4.78, 5) is 19.9. The van der Waals surface area contributed by atoms with Crippen molar-refractivity contribution in [1.82, 2.24) is 15.5 Å². The predicted octanol–water partition coefficient (Wildman–Crippen LogP) is 0.516. The summed E-state index contributed by atoms with van der Waals surface area (Å²) in [5.41, 5.74) is 1.35. The quantitative estimate of drug-likeness (QED) is 0.687. The molecule has 0 aliphatic carbocycles. The maximum absolute atomic E-state index is 11.0. The first-order valence-corrected chi connectivity index (χ1v) is 5.40. The Kier molecular flexibility index (Phi) is 5.08. The van der Waals surface area contributed by atoms with Crippen LogP contribution in [0.3, 0.4) is 0 Å². The molecule has 0 amide bonds. The number of hydrogen-bond donors (Lipinski definition) is 3. The summed E-state index contributed by atoms with van der Waals surface area (Å²) >= 11 is 0. The van der Waals surface area contributed by atoms with Crippen LogP contribution in [0.4, 0.5) is 13.2 Å². The fourth-order valence-corrected chi connectivity index (χ4v) is 1.26. The summed E-state index contributed by atoms with van der Waals surface area (Å²) in [7, 11) is 1.35. The third-order valence-electron chi connectivity index (χ3n) is 2.46. The van der Waals surface area contributed by atoms with Crippen LogP contribution in [-0.2, 0) is 9.53 Å². The highest BCUT2D eigenvalue weighted by Crippen LogP contribution is 2.18. The Morgan fingerprint density at radius 3 is 2.35 bits per heavy atom. The van der Waals surface area contributed by atoms with E-state index in [0.717, 1.165) is 18.8 Å². The molecular formula is C10H12F3N3O4. The summed E-state index contributed by atoms with van der Waals surface area (Å²) in [5.74, 6) is -2.69. The Balaban J connectivity index is 0.000000246. The van der Waals surface area contributed by atoms with Gasteiger partial charge in [-0.3, -0.25) is 5.10 Å². The molecule has 0 aromatic carbocycles. The van der Waals surface area contributed by atoms with Crippen molar-refractivity contribution in [3.8, 4) is 0 Å². The van der Waals surface area contributed by atoms with Crippen molar-refractivity contribution in [2.45, 2.75) is 12.1 Å². The maximum atomic E-state index is 11.0. The first-order valence-electron chi connectivity index (χ1n) is 5.40. The largest absolute Gasteiger partial charge is 0.490 e. The second-order valence-electron chi connectivity index (χ2n) is 3.86. The molecule has 0 radical (unpaired) electrons. The molecule has 1 fully saturated rings. The Morgan fingerprint density at radius 2 is 2.00 bits per heavy atom. The summed E-state index contributed by atoms with van der Waals surface area (Å²) in [6.07, 6.45) is -5.08. The van der Waals surface area contributed by atoms with Gasteiger partial charge in [-0.2, -0.15) is 18.3 Å². The number of H-pyrrole nitrogens is 1. The van der Waals surface area contributed by atoms with Gasteiger partial charge in [0.1, 0.15) is 0 Å². The lowest BCUT2D eigenvalue weighted by molar-refractivity contribution is -0.192. The Hall–Kier alpha value is -2.10. The van der Waals surface area contributed by atoms with E-state index < -0.39 is 18.1 Å². The van der Waals surface area contributed by atoms with Gasteiger partial charge in [0.25, 0.3) is 0 Å². The van der Waals surface area contributed by atoms with Crippen LogP contribution < -0.4 is 5.32 Å². The van der Waals surface area contributed by atoms with Crippen LogP contribution in [0.1, 0.15) is 22.1 Å². The van der Waals surface area contributed by atoms with E-state index >= 15 is 0 Å². The number of alkyl halides is 3. The van der Waals surface area contributed by atoms with Crippen LogP contribution in [0.2, 0.25) is 0 Å². The molecule has 7 nitrogen and oxygen atoms in total. The van der Waals surface area contributed by atoms with Gasteiger partial charge in [0.15, 0.2) is 5.69 Å². The predicted molar refractivity (Wildman–Crippen MR) is 59.2 cm³/mol. The lowest BCUT2D eigenvalue weighted by Gasteiger charge is -2.25. The molecule has 112 valence electrons. The minimum atomic E-state index is -5.08. The molecule has 1 aromatic rings. The van der Waals surface area contributed by atoms with E-state index in [0.29, 0.717) is 11.6 Å². The second-order valence-corrected chi connectivity index (χ2v) is 3.86. The molecule has 1 saturated heterocycles. The van der Waals surface area contributed by atoms with Gasteiger partial charge in [0.05, 0.1) is 7.11 Å². The van der Waals surface area contributed by atoms with Gasteiger partial charge in [-0.05, 0) is 6.07 Å². The molecule has 3 N–H and O–H groups in total. The van der Waals surface area contributed by atoms with Gasteiger partial charge in [0.2, 0.25) is 0 Å². The van der Waals surface area contributed by atoms with Gasteiger partial charge in [-0.1, -0.05) is 0 Å². The molecule has 2 rings (SSSR count). The van der Waals surface area contributed by atoms with Crippen LogP contribution in [0, 0.1) is 0 Å². The number of aliphatic carboxylic acids is 1. The standard InChI is InChI=1S/C8H11N3O2.C2HF3O2/c1-13-8(12)7-2-6(10-11-7)5-3-9-4-5;3-2(4,5)1(6)7/h2,5,9H,3-4H2,1H3,(H,10,11);(H,6,7). The number of carboxylic acid groups (broad SMARTS) is 1. The number of carbonyl (C=O) groups is 2. The number of aromatic nitrogens is 2. The highest BCUT2D eigenvalue weighted by Gasteiger charge is 2.38. The van der Waals surface area contributed by atoms with Crippen molar-refractivity contribution in [2.75, 3.05) is 20.2 Å². The molecule has 0 spiro atoms. The SMILES string of the molecule is COC(=O)c1cc(C2CNC2)[nH]n1.O=C(O)C(F)(F)F. The average Bonchev–Trinajstić information content (AvgIpc) is 2.74. The molecule has 0 unspecified atom stereocenters. The van der Waals surface area contributed by atoms with Crippen molar-refractivity contribution < 1.29 is 32.6 Å². The molecule has 0 saturated carbocycles. The van der Waals surface area contributed by atoms with Crippen molar-refractivity contribution >= 4 is 11.9 Å². The topological polar surface area (TPSA) is 104 Å². The lowest BCUT2D eigenvalue weighted by Crippen LogP contribution is -2.40. The minimum absolute atomic E-state index is 0.351. The number of rotatable bonds is 2. The van der Waals surface area contributed by atoms with Crippen molar-refractivity contribution in [3.05, 3.63) is 17.5 Å². The number of esters is 1. The number of nitrogens with zero attached hydrogens (tertiary/aromatic N) is 1. The number of carboxylic acids is 1. The Morgan fingerprint density at radius 1 is 1.45 bits per heavy atom. The maximum Gasteiger partial charge on any atom is 0.490 e. The second kappa shape index (κ2) is 6.37. The number of ether oxygens (including phenoxy) is 1. The summed E-state index contributed by atoms with van der Waals surface area (Å²) in [6.45, 7) is 1.89. The summed E-state index contributed by atoms with van der Waals surface area (Å²) < 4.78 is 36.3. The first-order chi connectivity index (χ1) is 9.25. The molecule has 1 aliphatic rings. The molecule has 0 atom stereocenters. The third kappa shape index (κ3) is 4.23. The number of carbonyl (C=O) groups excluding carboxylic acids is 1. The van der Waals surface area contributed by atoms with E-state index in [1.54, 1.807) is 6.07 Å². The zero-order valence-corrected chi connectivity index (χ0v) is 10.3. The highest BCUT2D eigenvalue weighted by molar-refractivity contribution is 5.87. The van der Waals surface area contributed by atoms with E-state index in [-0.39, 0.29) is 0 Å². The van der Waals surface area contributed by atoms with E-state index in [1.807, 2.05) is 0 Å². The number of aromatic amines is 1. The third-order valence-corrected chi connectivity index (χ3v) is 2.46. The monoisotopic (exact) mass is 295 g/mol. The number of methoxy groups -OCH3 is 1. The fraction of sp³-hybridized carbons (Fsp3) is 0.500. The van der Waals surface area contributed by atoms with Gasteiger partial charge in [-0.25, -0.2) is 9.59 Å². The van der Waals surface area contributed by atoms with E-state index in [2.05, 4.69) is 20.3 Å². The summed E-state index contributed by atoms with van der Waals surface area (Å²) in [5, 5.41) is 17.0. The molecular weight excluding hydrogens is 283 g/mol. The first kappa shape index (κ1) is 16.0.